The number of carbonyl (C=O) groups excluding carboxylic acids is 2. The fraction of sp³-hybridized carbons (Fsp3) is 0.231. The fourth-order valence-corrected chi connectivity index (χ4v) is 1.59. The first kappa shape index (κ1) is 16.3. The highest BCUT2D eigenvalue weighted by Gasteiger charge is 2.07. The first-order valence-corrected chi connectivity index (χ1v) is 6.31. The standard InChI is InChI=1S/C13H12Cl2O5/c1-2-12(16)18-5-6-19-13(17)8-20-11-4-3-9(14)7-10(11)15/h2-4,7H,1,5-6,8H2. The van der Waals surface area contributed by atoms with E-state index in [9.17, 15) is 9.59 Å². The lowest BCUT2D eigenvalue weighted by Crippen LogP contribution is -2.18. The average molecular weight is 319 g/mol. The van der Waals surface area contributed by atoms with Gasteiger partial charge in [0.05, 0.1) is 5.02 Å². The van der Waals surface area contributed by atoms with Crippen LogP contribution in [-0.2, 0) is 19.1 Å². The molecule has 0 aliphatic carbocycles. The van der Waals surface area contributed by atoms with E-state index < -0.39 is 11.9 Å². The zero-order valence-corrected chi connectivity index (χ0v) is 11.9. The molecule has 0 fully saturated rings. The van der Waals surface area contributed by atoms with Crippen molar-refractivity contribution in [2.45, 2.75) is 0 Å². The Morgan fingerprint density at radius 3 is 2.55 bits per heavy atom. The number of rotatable bonds is 7. The monoisotopic (exact) mass is 318 g/mol. The van der Waals surface area contributed by atoms with E-state index in [0.717, 1.165) is 6.08 Å². The number of esters is 2. The molecule has 0 spiro atoms. The second kappa shape index (κ2) is 8.45. The highest BCUT2D eigenvalue weighted by Crippen LogP contribution is 2.27. The molecule has 0 heterocycles. The summed E-state index contributed by atoms with van der Waals surface area (Å²) in [5.74, 6) is -0.859. The second-order valence-electron chi connectivity index (χ2n) is 3.46. The Labute approximate surface area is 126 Å². The van der Waals surface area contributed by atoms with Gasteiger partial charge in [-0.3, -0.25) is 0 Å². The highest BCUT2D eigenvalue weighted by molar-refractivity contribution is 6.35. The summed E-state index contributed by atoms with van der Waals surface area (Å²) >= 11 is 11.6. The van der Waals surface area contributed by atoms with Crippen LogP contribution in [0.5, 0.6) is 5.75 Å². The summed E-state index contributed by atoms with van der Waals surface area (Å²) in [6.07, 6.45) is 1.02. The third-order valence-corrected chi connectivity index (χ3v) is 2.53. The van der Waals surface area contributed by atoms with Gasteiger partial charge in [0, 0.05) is 11.1 Å². The first-order chi connectivity index (χ1) is 9.52. The van der Waals surface area contributed by atoms with Crippen molar-refractivity contribution in [3.63, 3.8) is 0 Å². The third-order valence-electron chi connectivity index (χ3n) is 2.00. The van der Waals surface area contributed by atoms with Crippen LogP contribution in [0, 0.1) is 0 Å². The van der Waals surface area contributed by atoms with E-state index in [-0.39, 0.29) is 19.8 Å². The molecule has 7 heteroatoms. The topological polar surface area (TPSA) is 61.8 Å². The molecule has 1 rings (SSSR count). The third kappa shape index (κ3) is 5.95. The quantitative estimate of drug-likeness (QED) is 0.439. The number of carbonyl (C=O) groups is 2. The molecule has 0 amide bonds. The minimum absolute atomic E-state index is 0.0434. The van der Waals surface area contributed by atoms with Gasteiger partial charge in [0.15, 0.2) is 6.61 Å². The van der Waals surface area contributed by atoms with E-state index in [0.29, 0.717) is 15.8 Å². The van der Waals surface area contributed by atoms with Crippen molar-refractivity contribution in [2.75, 3.05) is 19.8 Å². The van der Waals surface area contributed by atoms with Crippen molar-refractivity contribution in [2.24, 2.45) is 0 Å². The Morgan fingerprint density at radius 1 is 1.20 bits per heavy atom. The largest absolute Gasteiger partial charge is 0.480 e. The smallest absolute Gasteiger partial charge is 0.344 e. The molecule has 0 radical (unpaired) electrons. The van der Waals surface area contributed by atoms with Gasteiger partial charge in [-0.2, -0.15) is 0 Å². The summed E-state index contributed by atoms with van der Waals surface area (Å²) in [4.78, 5) is 22.0. The summed E-state index contributed by atoms with van der Waals surface area (Å²) in [5.41, 5.74) is 0. The van der Waals surface area contributed by atoms with Crippen LogP contribution in [0.4, 0.5) is 0 Å². The number of benzene rings is 1. The van der Waals surface area contributed by atoms with Crippen molar-refractivity contribution in [1.82, 2.24) is 0 Å². The zero-order chi connectivity index (χ0) is 15.0. The minimum atomic E-state index is -0.606. The lowest BCUT2D eigenvalue weighted by atomic mass is 10.3. The van der Waals surface area contributed by atoms with E-state index >= 15 is 0 Å². The Balaban J connectivity index is 2.26. The van der Waals surface area contributed by atoms with Crippen LogP contribution in [0.15, 0.2) is 30.9 Å². The lowest BCUT2D eigenvalue weighted by molar-refractivity contribution is -0.151. The van der Waals surface area contributed by atoms with Crippen molar-refractivity contribution in [1.29, 1.82) is 0 Å². The Morgan fingerprint density at radius 2 is 1.90 bits per heavy atom. The lowest BCUT2D eigenvalue weighted by Gasteiger charge is -2.08. The van der Waals surface area contributed by atoms with E-state index in [4.69, 9.17) is 32.7 Å². The maximum atomic E-state index is 11.3. The highest BCUT2D eigenvalue weighted by atomic mass is 35.5. The van der Waals surface area contributed by atoms with E-state index in [2.05, 4.69) is 11.3 Å². The van der Waals surface area contributed by atoms with Gasteiger partial charge in [-0.25, -0.2) is 9.59 Å². The molecule has 0 bridgehead atoms. The average Bonchev–Trinajstić information content (AvgIpc) is 2.42. The number of hydrogen-bond donors (Lipinski definition) is 0. The van der Waals surface area contributed by atoms with Crippen LogP contribution in [-0.4, -0.2) is 31.8 Å². The van der Waals surface area contributed by atoms with Crippen molar-refractivity contribution in [3.05, 3.63) is 40.9 Å². The van der Waals surface area contributed by atoms with Gasteiger partial charge in [0.1, 0.15) is 19.0 Å². The number of hydrogen-bond acceptors (Lipinski definition) is 5. The summed E-state index contributed by atoms with van der Waals surface area (Å²) < 4.78 is 14.6. The molecule has 20 heavy (non-hydrogen) atoms. The first-order valence-electron chi connectivity index (χ1n) is 5.55. The Bertz CT molecular complexity index is 502. The Hall–Kier alpha value is -1.72. The minimum Gasteiger partial charge on any atom is -0.480 e. The van der Waals surface area contributed by atoms with Crippen molar-refractivity contribution < 1.29 is 23.8 Å². The van der Waals surface area contributed by atoms with Gasteiger partial charge in [0.2, 0.25) is 0 Å². The molecule has 0 saturated heterocycles. The molecule has 108 valence electrons. The molecule has 1 aromatic rings. The van der Waals surface area contributed by atoms with Gasteiger partial charge in [-0.15, -0.1) is 0 Å². The molecular weight excluding hydrogens is 307 g/mol. The van der Waals surface area contributed by atoms with Crippen LogP contribution < -0.4 is 4.74 Å². The van der Waals surface area contributed by atoms with E-state index in [1.54, 1.807) is 12.1 Å². The van der Waals surface area contributed by atoms with Crippen molar-refractivity contribution >= 4 is 35.1 Å². The maximum absolute atomic E-state index is 11.3. The van der Waals surface area contributed by atoms with Crippen LogP contribution in [0.3, 0.4) is 0 Å². The van der Waals surface area contributed by atoms with Gasteiger partial charge in [-0.05, 0) is 18.2 Å². The van der Waals surface area contributed by atoms with Gasteiger partial charge in [0.25, 0.3) is 0 Å². The number of halogens is 2. The second-order valence-corrected chi connectivity index (χ2v) is 4.30. The molecular formula is C13H12Cl2O5. The predicted molar refractivity (Wildman–Crippen MR) is 74.1 cm³/mol. The molecule has 1 aromatic carbocycles. The Kier molecular flexibility index (Phi) is 6.90. The summed E-state index contributed by atoms with van der Waals surface area (Å²) in [6.45, 7) is 2.82. The molecule has 0 unspecified atom stereocenters. The maximum Gasteiger partial charge on any atom is 0.344 e. The number of ether oxygens (including phenoxy) is 3. The SMILES string of the molecule is C=CC(=O)OCCOC(=O)COc1ccc(Cl)cc1Cl. The molecule has 0 aliphatic heterocycles. The molecule has 0 aliphatic rings. The van der Waals surface area contributed by atoms with Gasteiger partial charge in [-0.1, -0.05) is 29.8 Å². The summed E-state index contributed by atoms with van der Waals surface area (Å²) in [5, 5.41) is 0.763. The van der Waals surface area contributed by atoms with Crippen LogP contribution in [0.25, 0.3) is 0 Å². The van der Waals surface area contributed by atoms with Crippen LogP contribution in [0.2, 0.25) is 10.0 Å². The molecule has 5 nitrogen and oxygen atoms in total. The molecule has 0 saturated carbocycles. The normalized spacial score (nSPS) is 9.70. The van der Waals surface area contributed by atoms with Crippen LogP contribution >= 0.6 is 23.2 Å². The van der Waals surface area contributed by atoms with Crippen molar-refractivity contribution in [3.8, 4) is 5.75 Å². The predicted octanol–water partition coefficient (Wildman–Crippen LogP) is 2.64. The van der Waals surface area contributed by atoms with E-state index in [1.807, 2.05) is 0 Å². The molecule has 0 aromatic heterocycles. The molecule has 0 atom stereocenters. The zero-order valence-electron chi connectivity index (χ0n) is 10.4. The summed E-state index contributed by atoms with van der Waals surface area (Å²) in [6, 6.07) is 4.63. The summed E-state index contributed by atoms with van der Waals surface area (Å²) in [7, 11) is 0. The van der Waals surface area contributed by atoms with Gasteiger partial charge >= 0.3 is 11.9 Å². The molecule has 0 N–H and O–H groups in total. The van der Waals surface area contributed by atoms with Crippen LogP contribution in [0.1, 0.15) is 0 Å². The fourth-order valence-electron chi connectivity index (χ4n) is 1.13. The van der Waals surface area contributed by atoms with E-state index in [1.165, 1.54) is 6.07 Å². The van der Waals surface area contributed by atoms with Gasteiger partial charge < -0.3 is 14.2 Å².